The fourth-order valence-corrected chi connectivity index (χ4v) is 2.20. The molecule has 88 valence electrons. The Labute approximate surface area is 106 Å². The lowest BCUT2D eigenvalue weighted by Gasteiger charge is -2.29. The molecule has 0 fully saturated rings. The molecule has 0 atom stereocenters. The SMILES string of the molecule is CCN(c1cc(Br)ccc1C(C)=O)C(C)C. The number of carbonyl (C=O) groups is 1. The van der Waals surface area contributed by atoms with Crippen molar-refractivity contribution in [3.8, 4) is 0 Å². The molecule has 0 amide bonds. The molecular weight excluding hydrogens is 266 g/mol. The Morgan fingerprint density at radius 2 is 2.06 bits per heavy atom. The van der Waals surface area contributed by atoms with Crippen molar-refractivity contribution in [1.82, 2.24) is 0 Å². The normalized spacial score (nSPS) is 10.6. The number of hydrogen-bond acceptors (Lipinski definition) is 2. The van der Waals surface area contributed by atoms with E-state index >= 15 is 0 Å². The molecule has 0 spiro atoms. The fourth-order valence-electron chi connectivity index (χ4n) is 1.85. The molecule has 0 unspecified atom stereocenters. The quantitative estimate of drug-likeness (QED) is 0.782. The number of rotatable bonds is 4. The first kappa shape index (κ1) is 13.2. The van der Waals surface area contributed by atoms with Gasteiger partial charge >= 0.3 is 0 Å². The zero-order valence-corrected chi connectivity index (χ0v) is 11.8. The van der Waals surface area contributed by atoms with Gasteiger partial charge in [-0.05, 0) is 45.9 Å². The number of halogens is 1. The summed E-state index contributed by atoms with van der Waals surface area (Å²) in [7, 11) is 0. The van der Waals surface area contributed by atoms with Gasteiger partial charge in [0.1, 0.15) is 0 Å². The summed E-state index contributed by atoms with van der Waals surface area (Å²) in [5, 5.41) is 0. The van der Waals surface area contributed by atoms with Gasteiger partial charge in [-0.2, -0.15) is 0 Å². The molecule has 0 saturated carbocycles. The van der Waals surface area contributed by atoms with Crippen molar-refractivity contribution in [1.29, 1.82) is 0 Å². The molecule has 0 radical (unpaired) electrons. The van der Waals surface area contributed by atoms with E-state index in [0.717, 1.165) is 22.3 Å². The maximum absolute atomic E-state index is 11.6. The van der Waals surface area contributed by atoms with Crippen LogP contribution in [-0.2, 0) is 0 Å². The number of carbonyl (C=O) groups excluding carboxylic acids is 1. The standard InChI is InChI=1S/C13H18BrNO/c1-5-15(9(2)3)13-8-11(14)6-7-12(13)10(4)16/h6-9H,5H2,1-4H3. The number of nitrogens with zero attached hydrogens (tertiary/aromatic N) is 1. The first-order chi connectivity index (χ1) is 7.47. The predicted octanol–water partition coefficient (Wildman–Crippen LogP) is 3.89. The second-order valence-corrected chi connectivity index (χ2v) is 5.01. The van der Waals surface area contributed by atoms with Crippen molar-refractivity contribution in [3.05, 3.63) is 28.2 Å². The summed E-state index contributed by atoms with van der Waals surface area (Å²) >= 11 is 3.45. The highest BCUT2D eigenvalue weighted by Crippen LogP contribution is 2.27. The third-order valence-corrected chi connectivity index (χ3v) is 3.11. The van der Waals surface area contributed by atoms with Crippen molar-refractivity contribution >= 4 is 27.4 Å². The molecule has 0 heterocycles. The second kappa shape index (κ2) is 5.48. The molecule has 1 aromatic carbocycles. The minimum atomic E-state index is 0.113. The van der Waals surface area contributed by atoms with Crippen molar-refractivity contribution in [2.75, 3.05) is 11.4 Å². The highest BCUT2D eigenvalue weighted by molar-refractivity contribution is 9.10. The van der Waals surface area contributed by atoms with Gasteiger partial charge in [-0.25, -0.2) is 0 Å². The fraction of sp³-hybridized carbons (Fsp3) is 0.462. The van der Waals surface area contributed by atoms with Gasteiger partial charge in [-0.15, -0.1) is 0 Å². The molecule has 16 heavy (non-hydrogen) atoms. The topological polar surface area (TPSA) is 20.3 Å². The Kier molecular flexibility index (Phi) is 4.54. The van der Waals surface area contributed by atoms with Crippen LogP contribution < -0.4 is 4.90 Å². The lowest BCUT2D eigenvalue weighted by atomic mass is 10.1. The van der Waals surface area contributed by atoms with Crippen molar-refractivity contribution in [3.63, 3.8) is 0 Å². The summed E-state index contributed by atoms with van der Waals surface area (Å²) in [5.74, 6) is 0.113. The van der Waals surface area contributed by atoms with E-state index < -0.39 is 0 Å². The van der Waals surface area contributed by atoms with Gasteiger partial charge in [0.15, 0.2) is 5.78 Å². The van der Waals surface area contributed by atoms with E-state index in [-0.39, 0.29) is 5.78 Å². The van der Waals surface area contributed by atoms with E-state index in [1.165, 1.54) is 0 Å². The summed E-state index contributed by atoms with van der Waals surface area (Å²) in [6.07, 6.45) is 0. The summed E-state index contributed by atoms with van der Waals surface area (Å²) in [5.41, 5.74) is 1.80. The maximum Gasteiger partial charge on any atom is 0.161 e. The highest BCUT2D eigenvalue weighted by Gasteiger charge is 2.15. The first-order valence-corrected chi connectivity index (χ1v) is 6.33. The van der Waals surface area contributed by atoms with E-state index in [1.54, 1.807) is 6.92 Å². The average Bonchev–Trinajstić information content (AvgIpc) is 2.17. The van der Waals surface area contributed by atoms with E-state index in [9.17, 15) is 4.79 Å². The van der Waals surface area contributed by atoms with Crippen molar-refractivity contribution in [2.24, 2.45) is 0 Å². The van der Waals surface area contributed by atoms with Gasteiger partial charge in [-0.1, -0.05) is 15.9 Å². The van der Waals surface area contributed by atoms with Crippen LogP contribution in [0.3, 0.4) is 0 Å². The lowest BCUT2D eigenvalue weighted by molar-refractivity contribution is 0.101. The number of hydrogen-bond donors (Lipinski definition) is 0. The molecule has 3 heteroatoms. The zero-order valence-electron chi connectivity index (χ0n) is 10.2. The predicted molar refractivity (Wildman–Crippen MR) is 72.3 cm³/mol. The summed E-state index contributed by atoms with van der Waals surface area (Å²) in [6.45, 7) is 8.88. The molecule has 2 nitrogen and oxygen atoms in total. The number of Topliss-reactive ketones (excluding diaryl/α,β-unsaturated/α-hetero) is 1. The smallest absolute Gasteiger partial charge is 0.161 e. The van der Waals surface area contributed by atoms with Crippen LogP contribution in [0.5, 0.6) is 0 Å². The summed E-state index contributed by atoms with van der Waals surface area (Å²) in [4.78, 5) is 13.8. The average molecular weight is 284 g/mol. The largest absolute Gasteiger partial charge is 0.369 e. The van der Waals surface area contributed by atoms with Crippen molar-refractivity contribution in [2.45, 2.75) is 33.7 Å². The highest BCUT2D eigenvalue weighted by atomic mass is 79.9. The van der Waals surface area contributed by atoms with E-state index in [2.05, 4.69) is 41.6 Å². The van der Waals surface area contributed by atoms with E-state index in [1.807, 2.05) is 18.2 Å². The third-order valence-electron chi connectivity index (χ3n) is 2.61. The van der Waals surface area contributed by atoms with Gasteiger partial charge in [0.05, 0.1) is 0 Å². The van der Waals surface area contributed by atoms with Crippen LogP contribution in [0.4, 0.5) is 5.69 Å². The summed E-state index contributed by atoms with van der Waals surface area (Å²) < 4.78 is 1.01. The third kappa shape index (κ3) is 2.85. The van der Waals surface area contributed by atoms with Gasteiger partial charge in [0.25, 0.3) is 0 Å². The van der Waals surface area contributed by atoms with Gasteiger partial charge in [-0.3, -0.25) is 4.79 Å². The van der Waals surface area contributed by atoms with Crippen LogP contribution in [0.15, 0.2) is 22.7 Å². The number of benzene rings is 1. The number of ketones is 1. The van der Waals surface area contributed by atoms with Crippen LogP contribution in [0.2, 0.25) is 0 Å². The molecule has 1 rings (SSSR count). The molecule has 0 saturated heterocycles. The van der Waals surface area contributed by atoms with Crippen molar-refractivity contribution < 1.29 is 4.79 Å². The Hall–Kier alpha value is -0.830. The minimum Gasteiger partial charge on any atom is -0.369 e. The lowest BCUT2D eigenvalue weighted by Crippen LogP contribution is -2.31. The second-order valence-electron chi connectivity index (χ2n) is 4.10. The molecule has 0 aliphatic heterocycles. The van der Waals surface area contributed by atoms with Gasteiger partial charge < -0.3 is 4.90 Å². The molecular formula is C13H18BrNO. The molecule has 1 aromatic rings. The molecule has 0 N–H and O–H groups in total. The number of anilines is 1. The van der Waals surface area contributed by atoms with Crippen LogP contribution in [0.25, 0.3) is 0 Å². The monoisotopic (exact) mass is 283 g/mol. The molecule has 0 aromatic heterocycles. The molecule has 0 aliphatic carbocycles. The summed E-state index contributed by atoms with van der Waals surface area (Å²) in [6, 6.07) is 6.19. The Morgan fingerprint density at radius 3 is 2.50 bits per heavy atom. The molecule has 0 bridgehead atoms. The Bertz CT molecular complexity index is 388. The van der Waals surface area contributed by atoms with Crippen LogP contribution in [0, 0.1) is 0 Å². The van der Waals surface area contributed by atoms with Gasteiger partial charge in [0.2, 0.25) is 0 Å². The maximum atomic E-state index is 11.6. The van der Waals surface area contributed by atoms with E-state index in [0.29, 0.717) is 6.04 Å². The minimum absolute atomic E-state index is 0.113. The Morgan fingerprint density at radius 1 is 1.44 bits per heavy atom. The van der Waals surface area contributed by atoms with E-state index in [4.69, 9.17) is 0 Å². The first-order valence-electron chi connectivity index (χ1n) is 5.54. The zero-order chi connectivity index (χ0) is 12.3. The van der Waals surface area contributed by atoms with Crippen LogP contribution >= 0.6 is 15.9 Å². The molecule has 0 aliphatic rings. The van der Waals surface area contributed by atoms with Gasteiger partial charge in [0, 0.05) is 28.3 Å². The van der Waals surface area contributed by atoms with Crippen LogP contribution in [-0.4, -0.2) is 18.4 Å². The Balaban J connectivity index is 3.27. The van der Waals surface area contributed by atoms with Crippen LogP contribution in [0.1, 0.15) is 38.1 Å².